The molecule has 8 rings (SSSR count). The zero-order valence-electron chi connectivity index (χ0n) is 17.2. The molecular weight excluding hydrogens is 448 g/mol. The fourth-order valence-corrected chi connectivity index (χ4v) is 16.0. The molecule has 0 heterocycles. The first-order chi connectivity index (χ1) is 11.7. The molecule has 4 atom stereocenters. The van der Waals surface area contributed by atoms with Gasteiger partial charge in [0.2, 0.25) is 0 Å². The Kier molecular flexibility index (Phi) is 2.98. The molecule has 0 amide bonds. The molecule has 0 saturated heterocycles. The topological polar surface area (TPSA) is 0 Å². The van der Waals surface area contributed by atoms with Crippen LogP contribution >= 0.6 is 31.9 Å². The molecule has 8 saturated carbocycles. The molecule has 0 N–H and O–H groups in total. The Bertz CT molecular complexity index is 540. The number of halogens is 2. The van der Waals surface area contributed by atoms with E-state index in [1.165, 1.54) is 77.0 Å². The van der Waals surface area contributed by atoms with Crippen LogP contribution in [0.1, 0.15) is 105 Å². The molecule has 0 aromatic rings. The first kappa shape index (κ1) is 17.8. The minimum Gasteiger partial charge on any atom is -0.0853 e. The van der Waals surface area contributed by atoms with Crippen molar-refractivity contribution in [1.82, 2.24) is 0 Å². The van der Waals surface area contributed by atoms with Crippen LogP contribution in [0.3, 0.4) is 0 Å². The second-order valence-electron chi connectivity index (χ2n) is 14.2. The summed E-state index contributed by atoms with van der Waals surface area (Å²) in [5.41, 5.74) is 3.51. The van der Waals surface area contributed by atoms with Gasteiger partial charge in [0.25, 0.3) is 0 Å². The second kappa shape index (κ2) is 4.35. The van der Waals surface area contributed by atoms with Crippen LogP contribution in [0.25, 0.3) is 0 Å². The molecule has 0 aliphatic heterocycles. The maximum Gasteiger partial charge on any atom is 0.0273 e. The van der Waals surface area contributed by atoms with Gasteiger partial charge >= 0.3 is 0 Å². The lowest BCUT2D eigenvalue weighted by atomic mass is 9.28. The van der Waals surface area contributed by atoms with E-state index in [2.05, 4.69) is 59.6 Å². The van der Waals surface area contributed by atoms with Crippen LogP contribution in [0.5, 0.6) is 0 Å². The van der Waals surface area contributed by atoms with Gasteiger partial charge in [0, 0.05) is 8.65 Å². The molecule has 0 spiro atoms. The van der Waals surface area contributed by atoms with Crippen molar-refractivity contribution in [2.24, 2.45) is 32.5 Å². The quantitative estimate of drug-likeness (QED) is 0.331. The molecule has 2 heteroatoms. The van der Waals surface area contributed by atoms with Gasteiger partial charge in [0.05, 0.1) is 0 Å². The van der Waals surface area contributed by atoms with Gasteiger partial charge in [-0.25, -0.2) is 0 Å². The van der Waals surface area contributed by atoms with Gasteiger partial charge in [-0.2, -0.15) is 0 Å². The van der Waals surface area contributed by atoms with Crippen molar-refractivity contribution in [2.45, 2.75) is 113 Å². The van der Waals surface area contributed by atoms with Crippen LogP contribution in [-0.2, 0) is 0 Å². The lowest BCUT2D eigenvalue weighted by Crippen LogP contribution is -2.71. The van der Waals surface area contributed by atoms with E-state index < -0.39 is 0 Å². The normalized spacial score (nSPS) is 70.8. The first-order valence-corrected chi connectivity index (χ1v) is 12.7. The zero-order valence-corrected chi connectivity index (χ0v) is 20.4. The summed E-state index contributed by atoms with van der Waals surface area (Å²) in [6.07, 6.45) is 17.7. The molecule has 0 radical (unpaired) electrons. The monoisotopic (exact) mass is 482 g/mol. The predicted octanol–water partition coefficient (Wildman–Crippen LogP) is 8.01. The van der Waals surface area contributed by atoms with Crippen molar-refractivity contribution in [3.8, 4) is 0 Å². The smallest absolute Gasteiger partial charge is 0.0273 e. The average molecular weight is 484 g/mol. The van der Waals surface area contributed by atoms with Gasteiger partial charge in [-0.1, -0.05) is 59.6 Å². The maximum atomic E-state index is 4.37. The summed E-state index contributed by atoms with van der Waals surface area (Å²) < 4.78 is 0.881. The first-order valence-electron chi connectivity index (χ1n) is 11.1. The largest absolute Gasteiger partial charge is 0.0853 e. The van der Waals surface area contributed by atoms with E-state index in [4.69, 9.17) is 0 Å². The molecular formula is C24H36Br2. The highest BCUT2D eigenvalue weighted by molar-refractivity contribution is 9.10. The Morgan fingerprint density at radius 3 is 0.885 bits per heavy atom. The van der Waals surface area contributed by atoms with E-state index in [-0.39, 0.29) is 0 Å². The summed E-state index contributed by atoms with van der Waals surface area (Å²) in [6.45, 7) is 10.6. The lowest BCUT2D eigenvalue weighted by Gasteiger charge is -2.78. The number of alkyl halides is 2. The van der Waals surface area contributed by atoms with Crippen molar-refractivity contribution < 1.29 is 0 Å². The summed E-state index contributed by atoms with van der Waals surface area (Å²) in [6, 6.07) is 0. The van der Waals surface area contributed by atoms with E-state index in [9.17, 15) is 0 Å². The third-order valence-electron chi connectivity index (χ3n) is 10.2. The van der Waals surface area contributed by atoms with E-state index in [1.807, 2.05) is 0 Å². The van der Waals surface area contributed by atoms with E-state index in [1.54, 1.807) is 0 Å². The summed E-state index contributed by atoms with van der Waals surface area (Å²) in [5.74, 6) is 0. The molecule has 0 nitrogen and oxygen atoms in total. The molecule has 26 heavy (non-hydrogen) atoms. The van der Waals surface area contributed by atoms with Gasteiger partial charge in [-0.05, 0) is 110 Å². The highest BCUT2D eigenvalue weighted by Crippen LogP contribution is 2.84. The summed E-state index contributed by atoms with van der Waals surface area (Å²) in [5, 5.41) is 0. The van der Waals surface area contributed by atoms with Crippen molar-refractivity contribution in [3.63, 3.8) is 0 Å². The lowest BCUT2D eigenvalue weighted by molar-refractivity contribution is -0.252. The SMILES string of the molecule is CC12CC3(C)CC(Br)(C1)CC(C14CC5(C)CC(C)(CC(Br)(C5)C1)C4)(C2)C3. The maximum absolute atomic E-state index is 4.37. The Morgan fingerprint density at radius 1 is 0.385 bits per heavy atom. The van der Waals surface area contributed by atoms with Gasteiger partial charge in [0.15, 0.2) is 0 Å². The molecule has 8 aliphatic carbocycles. The highest BCUT2D eigenvalue weighted by atomic mass is 79.9. The molecule has 8 fully saturated rings. The number of rotatable bonds is 1. The fraction of sp³-hybridized carbons (Fsp3) is 1.00. The minimum absolute atomic E-state index is 0.440. The third kappa shape index (κ3) is 2.13. The molecule has 8 bridgehead atoms. The van der Waals surface area contributed by atoms with Crippen LogP contribution < -0.4 is 0 Å². The third-order valence-corrected chi connectivity index (χ3v) is 11.9. The Balaban J connectivity index is 1.53. The fourth-order valence-electron chi connectivity index (χ4n) is 12.2. The van der Waals surface area contributed by atoms with Gasteiger partial charge in [-0.15, -0.1) is 0 Å². The summed E-state index contributed by atoms with van der Waals surface area (Å²) >= 11 is 8.74. The van der Waals surface area contributed by atoms with Crippen LogP contribution in [-0.4, -0.2) is 8.65 Å². The summed E-state index contributed by atoms with van der Waals surface area (Å²) in [4.78, 5) is 0. The van der Waals surface area contributed by atoms with E-state index >= 15 is 0 Å². The zero-order chi connectivity index (χ0) is 18.5. The summed E-state index contributed by atoms with van der Waals surface area (Å²) in [7, 11) is 0. The number of hydrogen-bond acceptors (Lipinski definition) is 0. The van der Waals surface area contributed by atoms with Crippen molar-refractivity contribution in [1.29, 1.82) is 0 Å². The number of hydrogen-bond donors (Lipinski definition) is 0. The standard InChI is InChI=1S/C24H36Br2/c1-17-5-18(2)8-21(7-17,15-23(25,11-17)12-18)22-9-19(3)6-20(4,10-22)14-24(26,13-19)16-22/h5-16H2,1-4H3. The van der Waals surface area contributed by atoms with E-state index in [0.717, 1.165) is 0 Å². The van der Waals surface area contributed by atoms with Crippen LogP contribution in [0.4, 0.5) is 0 Å². The Hall–Kier alpha value is 0.960. The van der Waals surface area contributed by atoms with Crippen molar-refractivity contribution in [3.05, 3.63) is 0 Å². The second-order valence-corrected chi connectivity index (χ2v) is 17.6. The van der Waals surface area contributed by atoms with Crippen molar-refractivity contribution in [2.75, 3.05) is 0 Å². The molecule has 146 valence electrons. The molecule has 8 aliphatic rings. The minimum atomic E-state index is 0.440. The van der Waals surface area contributed by atoms with Crippen molar-refractivity contribution >= 4 is 31.9 Å². The van der Waals surface area contributed by atoms with Crippen LogP contribution in [0.2, 0.25) is 0 Å². The Morgan fingerprint density at radius 2 is 0.654 bits per heavy atom. The Labute approximate surface area is 177 Å². The average Bonchev–Trinajstić information content (AvgIpc) is 2.25. The molecule has 4 unspecified atom stereocenters. The molecule has 0 aromatic heterocycles. The predicted molar refractivity (Wildman–Crippen MR) is 116 cm³/mol. The van der Waals surface area contributed by atoms with E-state index in [0.29, 0.717) is 41.1 Å². The molecule has 0 aromatic carbocycles. The van der Waals surface area contributed by atoms with Crippen LogP contribution in [0, 0.1) is 32.5 Å². The van der Waals surface area contributed by atoms with Gasteiger partial charge < -0.3 is 0 Å². The van der Waals surface area contributed by atoms with Crippen LogP contribution in [0.15, 0.2) is 0 Å². The van der Waals surface area contributed by atoms with Gasteiger partial charge in [0.1, 0.15) is 0 Å². The van der Waals surface area contributed by atoms with Gasteiger partial charge in [-0.3, -0.25) is 0 Å². The highest BCUT2D eigenvalue weighted by Gasteiger charge is 2.75.